The zero-order chi connectivity index (χ0) is 34.6. The fraction of sp³-hybridized carbons (Fsp3) is 0.405. The molecule has 254 valence electrons. The number of likely N-dealkylation sites (tertiary alicyclic amines) is 1. The van der Waals surface area contributed by atoms with E-state index in [1.807, 2.05) is 72.6 Å². The van der Waals surface area contributed by atoms with E-state index < -0.39 is 29.8 Å². The van der Waals surface area contributed by atoms with Gasteiger partial charge < -0.3 is 25.5 Å². The fourth-order valence-electron chi connectivity index (χ4n) is 5.98. The minimum absolute atomic E-state index is 0.0872. The third kappa shape index (κ3) is 8.26. The summed E-state index contributed by atoms with van der Waals surface area (Å²) in [4.78, 5) is 40.2. The summed E-state index contributed by atoms with van der Waals surface area (Å²) in [6, 6.07) is 15.1. The standard InChI is InChI=1S/C37H45FN6O3S/c1-23-22-48-35(41-23)31-13-10-14-44(31)36(47)28-16-27(17-30(18-28)43(5)6)34(46)42-24(2)33(45)32(26-11-8-7-9-12-26)40-20-25-15-29(21-39-19-25)37(3,4)38/h7-9,11-12,15-19,21-22,24,31-33,40,45H,10,13-14,20H2,1-6H3,(H,42,46). The van der Waals surface area contributed by atoms with Crippen molar-refractivity contribution in [3.05, 3.63) is 111 Å². The Labute approximate surface area is 286 Å². The molecule has 4 unspecified atom stereocenters. The molecule has 2 amide bonds. The normalized spacial score (nSPS) is 16.8. The number of hydrogen-bond donors (Lipinski definition) is 3. The number of hydrogen-bond acceptors (Lipinski definition) is 8. The average Bonchev–Trinajstić information content (AvgIpc) is 3.73. The molecule has 0 aliphatic carbocycles. The van der Waals surface area contributed by atoms with Gasteiger partial charge >= 0.3 is 0 Å². The SMILES string of the molecule is Cc1csc(C2CCCN2C(=O)c2cc(C(=O)NC(C)C(O)C(NCc3cncc(C(C)(C)F)c3)c3ccccc3)cc(N(C)C)c2)n1. The van der Waals surface area contributed by atoms with Crippen molar-refractivity contribution in [2.24, 2.45) is 0 Å². The van der Waals surface area contributed by atoms with Crippen molar-refractivity contribution in [3.63, 3.8) is 0 Å². The molecule has 0 saturated carbocycles. The lowest BCUT2D eigenvalue weighted by molar-refractivity contribution is 0.0733. The van der Waals surface area contributed by atoms with Crippen molar-refractivity contribution in [3.8, 4) is 0 Å². The van der Waals surface area contributed by atoms with E-state index in [-0.39, 0.29) is 11.9 Å². The number of carbonyl (C=O) groups is 2. The van der Waals surface area contributed by atoms with Crippen LogP contribution >= 0.6 is 11.3 Å². The summed E-state index contributed by atoms with van der Waals surface area (Å²) in [5.74, 6) is -0.541. The van der Waals surface area contributed by atoms with Gasteiger partial charge in [-0.1, -0.05) is 30.3 Å². The van der Waals surface area contributed by atoms with Crippen LogP contribution in [0.25, 0.3) is 0 Å². The topological polar surface area (TPSA) is 111 Å². The van der Waals surface area contributed by atoms with Crippen LogP contribution in [0.2, 0.25) is 0 Å². The Morgan fingerprint density at radius 1 is 1.12 bits per heavy atom. The second-order valence-corrected chi connectivity index (χ2v) is 14.1. The number of anilines is 1. The van der Waals surface area contributed by atoms with E-state index in [4.69, 9.17) is 0 Å². The van der Waals surface area contributed by atoms with E-state index in [2.05, 4.69) is 20.6 Å². The summed E-state index contributed by atoms with van der Waals surface area (Å²) in [6.07, 6.45) is 3.88. The summed E-state index contributed by atoms with van der Waals surface area (Å²) in [5.41, 5.74) is 2.94. The van der Waals surface area contributed by atoms with Crippen LogP contribution in [0.3, 0.4) is 0 Å². The third-order valence-electron chi connectivity index (χ3n) is 8.76. The lowest BCUT2D eigenvalue weighted by Crippen LogP contribution is -2.47. The molecular weight excluding hydrogens is 628 g/mol. The van der Waals surface area contributed by atoms with E-state index in [0.717, 1.165) is 40.4 Å². The zero-order valence-electron chi connectivity index (χ0n) is 28.4. The number of aliphatic hydroxyl groups is 1. The lowest BCUT2D eigenvalue weighted by Gasteiger charge is -2.30. The fourth-order valence-corrected chi connectivity index (χ4v) is 6.92. The molecule has 0 bridgehead atoms. The number of benzene rings is 2. The summed E-state index contributed by atoms with van der Waals surface area (Å²) < 4.78 is 14.6. The third-order valence-corrected chi connectivity index (χ3v) is 9.82. The van der Waals surface area contributed by atoms with Crippen molar-refractivity contribution in [2.45, 2.75) is 77.0 Å². The van der Waals surface area contributed by atoms with Crippen LogP contribution in [0.15, 0.2) is 72.4 Å². The van der Waals surface area contributed by atoms with Crippen molar-refractivity contribution in [1.29, 1.82) is 0 Å². The Bertz CT molecular complexity index is 1720. The monoisotopic (exact) mass is 672 g/mol. The van der Waals surface area contributed by atoms with E-state index in [9.17, 15) is 19.1 Å². The molecule has 1 saturated heterocycles. The van der Waals surface area contributed by atoms with Gasteiger partial charge in [-0.3, -0.25) is 14.6 Å². The number of aliphatic hydroxyl groups excluding tert-OH is 1. The quantitative estimate of drug-likeness (QED) is 0.167. The number of pyridine rings is 1. The van der Waals surface area contributed by atoms with Gasteiger partial charge in [0.05, 0.1) is 24.2 Å². The van der Waals surface area contributed by atoms with E-state index in [1.54, 1.807) is 42.7 Å². The number of aryl methyl sites for hydroxylation is 1. The number of thiazole rings is 1. The van der Waals surface area contributed by atoms with Gasteiger partial charge in [-0.25, -0.2) is 9.37 Å². The number of rotatable bonds is 12. The first-order chi connectivity index (χ1) is 22.8. The van der Waals surface area contributed by atoms with Gasteiger partial charge in [-0.15, -0.1) is 11.3 Å². The van der Waals surface area contributed by atoms with Gasteiger partial charge in [-0.05, 0) is 75.9 Å². The predicted octanol–water partition coefficient (Wildman–Crippen LogP) is 6.10. The van der Waals surface area contributed by atoms with Crippen molar-refractivity contribution in [1.82, 2.24) is 25.5 Å². The van der Waals surface area contributed by atoms with Crippen molar-refractivity contribution >= 4 is 28.8 Å². The van der Waals surface area contributed by atoms with E-state index in [0.29, 0.717) is 29.8 Å². The van der Waals surface area contributed by atoms with Crippen molar-refractivity contribution < 1.29 is 19.1 Å². The molecular formula is C37H45FN6O3S. The van der Waals surface area contributed by atoms with E-state index in [1.165, 1.54) is 20.0 Å². The van der Waals surface area contributed by atoms with Gasteiger partial charge in [0.25, 0.3) is 11.8 Å². The summed E-state index contributed by atoms with van der Waals surface area (Å²) in [6.45, 7) is 7.62. The molecule has 48 heavy (non-hydrogen) atoms. The van der Waals surface area contributed by atoms with Gasteiger partial charge in [0.15, 0.2) is 0 Å². The number of nitrogens with zero attached hydrogens (tertiary/aromatic N) is 4. The first kappa shape index (κ1) is 35.1. The first-order valence-corrected chi connectivity index (χ1v) is 17.2. The Hall–Kier alpha value is -4.19. The van der Waals surface area contributed by atoms with Crippen LogP contribution in [0.4, 0.5) is 10.1 Å². The van der Waals surface area contributed by atoms with Gasteiger partial charge in [0, 0.05) is 73.0 Å². The number of halogens is 1. The average molecular weight is 673 g/mol. The van der Waals surface area contributed by atoms with Gasteiger partial charge in [-0.2, -0.15) is 0 Å². The summed E-state index contributed by atoms with van der Waals surface area (Å²) >= 11 is 1.57. The highest BCUT2D eigenvalue weighted by molar-refractivity contribution is 7.09. The Kier molecular flexibility index (Phi) is 10.9. The van der Waals surface area contributed by atoms with E-state index >= 15 is 0 Å². The highest BCUT2D eigenvalue weighted by Crippen LogP contribution is 2.35. The number of amides is 2. The van der Waals surface area contributed by atoms with Gasteiger partial charge in [0.1, 0.15) is 10.7 Å². The smallest absolute Gasteiger partial charge is 0.254 e. The Morgan fingerprint density at radius 2 is 1.85 bits per heavy atom. The second kappa shape index (κ2) is 14.9. The van der Waals surface area contributed by atoms with Gasteiger partial charge in [0.2, 0.25) is 0 Å². The first-order valence-electron chi connectivity index (χ1n) is 16.3. The maximum atomic E-state index is 14.6. The molecule has 1 fully saturated rings. The molecule has 0 radical (unpaired) electrons. The minimum atomic E-state index is -1.54. The number of nitrogens with one attached hydrogen (secondary N) is 2. The van der Waals surface area contributed by atoms with Crippen LogP contribution in [0, 0.1) is 6.92 Å². The van der Waals surface area contributed by atoms with Crippen LogP contribution in [-0.2, 0) is 12.2 Å². The molecule has 4 aromatic rings. The lowest BCUT2D eigenvalue weighted by atomic mass is 9.95. The number of carbonyl (C=O) groups excluding carboxylic acids is 2. The molecule has 3 heterocycles. The van der Waals surface area contributed by atoms with Crippen molar-refractivity contribution in [2.75, 3.05) is 25.5 Å². The molecule has 2 aromatic carbocycles. The molecule has 0 spiro atoms. The van der Waals surface area contributed by atoms with Crippen LogP contribution < -0.4 is 15.5 Å². The molecule has 1 aliphatic heterocycles. The van der Waals surface area contributed by atoms with Crippen LogP contribution in [0.5, 0.6) is 0 Å². The molecule has 5 rings (SSSR count). The number of aromatic nitrogens is 2. The molecule has 11 heteroatoms. The zero-order valence-corrected chi connectivity index (χ0v) is 29.2. The maximum absolute atomic E-state index is 14.6. The number of alkyl halides is 1. The second-order valence-electron chi connectivity index (χ2n) is 13.2. The van der Waals surface area contributed by atoms with Crippen LogP contribution in [0.1, 0.15) is 93.8 Å². The largest absolute Gasteiger partial charge is 0.389 e. The Balaban J connectivity index is 1.34. The maximum Gasteiger partial charge on any atom is 0.254 e. The molecule has 4 atom stereocenters. The summed E-state index contributed by atoms with van der Waals surface area (Å²) in [5, 5.41) is 20.9. The molecule has 9 nitrogen and oxygen atoms in total. The molecule has 3 N–H and O–H groups in total. The molecule has 1 aliphatic rings. The molecule has 2 aromatic heterocycles. The highest BCUT2D eigenvalue weighted by atomic mass is 32.1. The minimum Gasteiger partial charge on any atom is -0.389 e. The summed E-state index contributed by atoms with van der Waals surface area (Å²) in [7, 11) is 3.73. The predicted molar refractivity (Wildman–Crippen MR) is 188 cm³/mol. The van der Waals surface area contributed by atoms with Crippen LogP contribution in [-0.4, -0.2) is 64.6 Å². The highest BCUT2D eigenvalue weighted by Gasteiger charge is 2.33. The Morgan fingerprint density at radius 3 is 2.52 bits per heavy atom.